The number of hydrogen-bond acceptors (Lipinski definition) is 2. The molecule has 0 aliphatic heterocycles. The molecule has 3 heteroatoms. The summed E-state index contributed by atoms with van der Waals surface area (Å²) in [6.45, 7) is 8.64. The van der Waals surface area contributed by atoms with Crippen LogP contribution in [0.2, 0.25) is 0 Å². The van der Waals surface area contributed by atoms with Crippen LogP contribution < -0.4 is 5.32 Å². The Hall–Kier alpha value is -0.830. The van der Waals surface area contributed by atoms with Gasteiger partial charge in [-0.2, -0.15) is 5.10 Å². The van der Waals surface area contributed by atoms with E-state index in [0.717, 1.165) is 12.1 Å². The molecule has 0 spiro atoms. The van der Waals surface area contributed by atoms with Gasteiger partial charge in [-0.3, -0.25) is 4.68 Å². The van der Waals surface area contributed by atoms with Gasteiger partial charge in [0.25, 0.3) is 0 Å². The molecule has 0 aromatic carbocycles. The van der Waals surface area contributed by atoms with Crippen LogP contribution >= 0.6 is 0 Å². The minimum Gasteiger partial charge on any atom is -0.317 e. The van der Waals surface area contributed by atoms with Gasteiger partial charge in [-0.05, 0) is 40.8 Å². The lowest BCUT2D eigenvalue weighted by Gasteiger charge is -2.19. The predicted octanol–water partition coefficient (Wildman–Crippen LogP) is 1.79. The first-order valence-electron chi connectivity index (χ1n) is 5.16. The molecule has 0 amide bonds. The Balaban J connectivity index is 2.69. The van der Waals surface area contributed by atoms with E-state index in [4.69, 9.17) is 0 Å². The van der Waals surface area contributed by atoms with E-state index in [2.05, 4.69) is 50.4 Å². The van der Waals surface area contributed by atoms with Crippen LogP contribution in [0.25, 0.3) is 0 Å². The van der Waals surface area contributed by atoms with Gasteiger partial charge >= 0.3 is 0 Å². The lowest BCUT2D eigenvalue weighted by Crippen LogP contribution is -2.25. The summed E-state index contributed by atoms with van der Waals surface area (Å²) < 4.78 is 2.02. The number of nitrogens with one attached hydrogen (secondary N) is 1. The van der Waals surface area contributed by atoms with Gasteiger partial charge in [-0.1, -0.05) is 0 Å². The average Bonchev–Trinajstić information content (AvgIpc) is 2.51. The number of nitrogens with zero attached hydrogens (tertiary/aromatic N) is 2. The maximum atomic E-state index is 4.55. The van der Waals surface area contributed by atoms with Crippen LogP contribution in [0, 0.1) is 0 Å². The van der Waals surface area contributed by atoms with Crippen molar-refractivity contribution in [1.82, 2.24) is 15.1 Å². The summed E-state index contributed by atoms with van der Waals surface area (Å²) in [5.41, 5.74) is 1.24. The molecule has 80 valence electrons. The van der Waals surface area contributed by atoms with Crippen molar-refractivity contribution in [1.29, 1.82) is 0 Å². The van der Waals surface area contributed by atoms with Gasteiger partial charge in [0.05, 0.1) is 11.2 Å². The highest BCUT2D eigenvalue weighted by atomic mass is 15.3. The molecule has 3 nitrogen and oxygen atoms in total. The summed E-state index contributed by atoms with van der Waals surface area (Å²) in [6, 6.07) is 2.58. The number of rotatable bonds is 3. The third-order valence-electron chi connectivity index (χ3n) is 2.34. The topological polar surface area (TPSA) is 29.9 Å². The highest BCUT2D eigenvalue weighted by Gasteiger charge is 2.14. The maximum Gasteiger partial charge on any atom is 0.0640 e. The molecule has 0 aliphatic carbocycles. The van der Waals surface area contributed by atoms with Gasteiger partial charge in [-0.25, -0.2) is 0 Å². The van der Waals surface area contributed by atoms with E-state index in [1.54, 1.807) is 0 Å². The molecule has 0 fully saturated rings. The fourth-order valence-corrected chi connectivity index (χ4v) is 1.26. The molecule has 1 aromatic heterocycles. The van der Waals surface area contributed by atoms with E-state index in [9.17, 15) is 0 Å². The first-order chi connectivity index (χ1) is 6.43. The van der Waals surface area contributed by atoms with E-state index in [0.29, 0.717) is 6.04 Å². The van der Waals surface area contributed by atoms with Crippen molar-refractivity contribution in [2.75, 3.05) is 7.05 Å². The first kappa shape index (κ1) is 11.2. The standard InChI is InChI=1S/C11H21N3/c1-9(12-5)8-10-6-7-14(13-10)11(2,3)4/h6-7,9,12H,8H2,1-5H3. The van der Waals surface area contributed by atoms with Crippen molar-refractivity contribution in [3.63, 3.8) is 0 Å². The second-order valence-corrected chi connectivity index (χ2v) is 4.82. The Kier molecular flexibility index (Phi) is 3.32. The smallest absolute Gasteiger partial charge is 0.0640 e. The van der Waals surface area contributed by atoms with Crippen LogP contribution in [0.1, 0.15) is 33.4 Å². The molecule has 1 N–H and O–H groups in total. The van der Waals surface area contributed by atoms with Crippen molar-refractivity contribution in [3.05, 3.63) is 18.0 Å². The van der Waals surface area contributed by atoms with Crippen molar-refractivity contribution < 1.29 is 0 Å². The largest absolute Gasteiger partial charge is 0.317 e. The zero-order valence-electron chi connectivity index (χ0n) is 9.83. The van der Waals surface area contributed by atoms with Gasteiger partial charge in [0.1, 0.15) is 0 Å². The summed E-state index contributed by atoms with van der Waals surface area (Å²) in [5.74, 6) is 0. The number of hydrogen-bond donors (Lipinski definition) is 1. The summed E-state index contributed by atoms with van der Waals surface area (Å²) in [6.07, 6.45) is 3.04. The molecular formula is C11H21N3. The van der Waals surface area contributed by atoms with Crippen molar-refractivity contribution >= 4 is 0 Å². The predicted molar refractivity (Wildman–Crippen MR) is 59.4 cm³/mol. The summed E-state index contributed by atoms with van der Waals surface area (Å²) in [4.78, 5) is 0. The fourth-order valence-electron chi connectivity index (χ4n) is 1.26. The molecule has 14 heavy (non-hydrogen) atoms. The second kappa shape index (κ2) is 4.13. The average molecular weight is 195 g/mol. The van der Waals surface area contributed by atoms with E-state index < -0.39 is 0 Å². The minimum atomic E-state index is 0.0845. The molecule has 0 radical (unpaired) electrons. The number of aromatic nitrogens is 2. The number of likely N-dealkylation sites (N-methyl/N-ethyl adjacent to an activating group) is 1. The SMILES string of the molecule is CNC(C)Cc1ccn(C(C)(C)C)n1. The highest BCUT2D eigenvalue weighted by Crippen LogP contribution is 2.13. The molecule has 1 unspecified atom stereocenters. The van der Waals surface area contributed by atoms with Gasteiger partial charge in [0.2, 0.25) is 0 Å². The van der Waals surface area contributed by atoms with Crippen LogP contribution in [-0.2, 0) is 12.0 Å². The van der Waals surface area contributed by atoms with Crippen molar-refractivity contribution in [2.45, 2.75) is 45.7 Å². The monoisotopic (exact) mass is 195 g/mol. The van der Waals surface area contributed by atoms with Crippen molar-refractivity contribution in [3.8, 4) is 0 Å². The zero-order valence-corrected chi connectivity index (χ0v) is 9.83. The van der Waals surface area contributed by atoms with E-state index in [1.807, 2.05) is 11.7 Å². The molecular weight excluding hydrogens is 174 g/mol. The van der Waals surface area contributed by atoms with Crippen LogP contribution in [0.3, 0.4) is 0 Å². The van der Waals surface area contributed by atoms with Gasteiger partial charge < -0.3 is 5.32 Å². The molecule has 0 bridgehead atoms. The molecule has 0 saturated carbocycles. The lowest BCUT2D eigenvalue weighted by molar-refractivity contribution is 0.352. The Labute approximate surface area is 86.5 Å². The Morgan fingerprint density at radius 1 is 1.50 bits per heavy atom. The minimum absolute atomic E-state index is 0.0845. The van der Waals surface area contributed by atoms with Crippen LogP contribution in [0.15, 0.2) is 12.3 Å². The quantitative estimate of drug-likeness (QED) is 0.797. The van der Waals surface area contributed by atoms with E-state index in [1.165, 1.54) is 0 Å². The van der Waals surface area contributed by atoms with Crippen LogP contribution in [0.5, 0.6) is 0 Å². The third-order valence-corrected chi connectivity index (χ3v) is 2.34. The third kappa shape index (κ3) is 2.84. The summed E-state index contributed by atoms with van der Waals surface area (Å²) in [5, 5.41) is 7.76. The van der Waals surface area contributed by atoms with Gasteiger partial charge in [0.15, 0.2) is 0 Å². The second-order valence-electron chi connectivity index (χ2n) is 4.82. The Morgan fingerprint density at radius 3 is 2.57 bits per heavy atom. The lowest BCUT2D eigenvalue weighted by atomic mass is 10.1. The molecule has 1 heterocycles. The van der Waals surface area contributed by atoms with Gasteiger partial charge in [0, 0.05) is 18.7 Å². The molecule has 0 aliphatic rings. The van der Waals surface area contributed by atoms with E-state index >= 15 is 0 Å². The normalized spacial score (nSPS) is 14.4. The Bertz CT molecular complexity index is 283. The zero-order chi connectivity index (χ0) is 10.8. The van der Waals surface area contributed by atoms with Gasteiger partial charge in [-0.15, -0.1) is 0 Å². The maximum absolute atomic E-state index is 4.55. The molecule has 1 rings (SSSR count). The molecule has 0 saturated heterocycles. The molecule has 1 aromatic rings. The summed E-state index contributed by atoms with van der Waals surface area (Å²) in [7, 11) is 1.98. The van der Waals surface area contributed by atoms with Crippen LogP contribution in [0.4, 0.5) is 0 Å². The Morgan fingerprint density at radius 2 is 2.14 bits per heavy atom. The van der Waals surface area contributed by atoms with E-state index in [-0.39, 0.29) is 5.54 Å². The highest BCUT2D eigenvalue weighted by molar-refractivity contribution is 5.02. The fraction of sp³-hybridized carbons (Fsp3) is 0.727. The van der Waals surface area contributed by atoms with Crippen molar-refractivity contribution in [2.24, 2.45) is 0 Å². The van der Waals surface area contributed by atoms with Crippen LogP contribution in [-0.4, -0.2) is 22.9 Å². The molecule has 1 atom stereocenters. The summed E-state index contributed by atoms with van der Waals surface area (Å²) >= 11 is 0. The first-order valence-corrected chi connectivity index (χ1v) is 5.16.